The predicted octanol–water partition coefficient (Wildman–Crippen LogP) is -3.01. The minimum Gasteiger partial charge on any atom is -0.480 e. The zero-order valence-corrected chi connectivity index (χ0v) is 19.8. The van der Waals surface area contributed by atoms with Crippen molar-refractivity contribution in [2.24, 2.45) is 22.4 Å². The fourth-order valence-corrected chi connectivity index (χ4v) is 2.87. The van der Waals surface area contributed by atoms with E-state index in [0.717, 1.165) is 6.08 Å². The van der Waals surface area contributed by atoms with Gasteiger partial charge in [-0.2, -0.15) is 13.2 Å². The molecule has 0 aromatic carbocycles. The molecule has 11 N–H and O–H groups in total. The molecule has 15 nitrogen and oxygen atoms in total. The van der Waals surface area contributed by atoms with Gasteiger partial charge in [-0.3, -0.25) is 9.59 Å². The average Bonchev–Trinajstić information content (AvgIpc) is 2.75. The molecule has 0 radical (unpaired) electrons. The van der Waals surface area contributed by atoms with E-state index in [1.807, 2.05) is 0 Å². The number of aliphatic hydroxyl groups is 3. The zero-order valence-electron chi connectivity index (χ0n) is 19.8. The molecule has 0 aromatic rings. The van der Waals surface area contributed by atoms with Crippen LogP contribution in [0.5, 0.6) is 0 Å². The lowest BCUT2D eigenvalue weighted by Crippen LogP contribution is -2.60. The molecule has 1 aliphatic rings. The van der Waals surface area contributed by atoms with Gasteiger partial charge in [0.25, 0.3) is 5.91 Å². The topological polar surface area (TPSA) is 267 Å². The van der Waals surface area contributed by atoms with Crippen molar-refractivity contribution in [3.8, 4) is 0 Å². The van der Waals surface area contributed by atoms with Crippen LogP contribution < -0.4 is 22.1 Å². The number of hydrogen-bond donors (Lipinski definition) is 9. The van der Waals surface area contributed by atoms with E-state index in [9.17, 15) is 42.9 Å². The second-order valence-electron chi connectivity index (χ2n) is 7.96. The minimum atomic E-state index is -5.08. The maximum absolute atomic E-state index is 12.6. The molecular weight excluding hydrogens is 515 g/mol. The summed E-state index contributed by atoms with van der Waals surface area (Å²) in [7, 11) is 0. The molecule has 2 amide bonds. The lowest BCUT2D eigenvalue weighted by molar-refractivity contribution is -0.192. The first-order valence-electron chi connectivity index (χ1n) is 10.4. The van der Waals surface area contributed by atoms with E-state index in [1.165, 1.54) is 6.92 Å². The number of amides is 2. The van der Waals surface area contributed by atoms with Gasteiger partial charge >= 0.3 is 18.1 Å². The van der Waals surface area contributed by atoms with E-state index in [2.05, 4.69) is 15.6 Å². The van der Waals surface area contributed by atoms with E-state index >= 15 is 0 Å². The van der Waals surface area contributed by atoms with Crippen LogP contribution in [-0.4, -0.2) is 104 Å². The van der Waals surface area contributed by atoms with Gasteiger partial charge in [0.05, 0.1) is 18.7 Å². The van der Waals surface area contributed by atoms with E-state index in [4.69, 9.17) is 31.2 Å². The number of alkyl halides is 3. The largest absolute Gasteiger partial charge is 0.490 e. The first kappa shape index (κ1) is 33.4. The van der Waals surface area contributed by atoms with Gasteiger partial charge in [0, 0.05) is 6.92 Å². The molecule has 0 aromatic heterocycles. The number of ether oxygens (including phenoxy) is 1. The highest BCUT2D eigenvalue weighted by Crippen LogP contribution is 2.25. The van der Waals surface area contributed by atoms with Crippen LogP contribution in [0.1, 0.15) is 20.8 Å². The first-order valence-corrected chi connectivity index (χ1v) is 10.4. The number of nitrogens with zero attached hydrogens (tertiary/aromatic N) is 1. The van der Waals surface area contributed by atoms with Gasteiger partial charge in [-0.15, -0.1) is 0 Å². The molecule has 0 saturated carbocycles. The quantitative estimate of drug-likeness (QED) is 0.104. The Bertz CT molecular complexity index is 892. The Morgan fingerprint density at radius 3 is 2.03 bits per heavy atom. The summed E-state index contributed by atoms with van der Waals surface area (Å²) in [6, 6.07) is -3.44. The number of nitrogens with one attached hydrogen (secondary N) is 2. The number of aliphatic imine (C=N–C) groups is 1. The highest BCUT2D eigenvalue weighted by molar-refractivity contribution is 5.94. The Morgan fingerprint density at radius 2 is 1.68 bits per heavy atom. The third kappa shape index (κ3) is 10.9. The van der Waals surface area contributed by atoms with Gasteiger partial charge in [-0.05, 0) is 12.0 Å². The van der Waals surface area contributed by atoms with Crippen molar-refractivity contribution in [3.05, 3.63) is 11.8 Å². The van der Waals surface area contributed by atoms with Crippen molar-refractivity contribution >= 4 is 29.7 Å². The van der Waals surface area contributed by atoms with Crippen molar-refractivity contribution in [1.82, 2.24) is 10.6 Å². The molecule has 0 unspecified atom stereocenters. The molecule has 0 bridgehead atoms. The van der Waals surface area contributed by atoms with E-state index in [0.29, 0.717) is 0 Å². The molecule has 1 rings (SSSR count). The molecule has 0 aliphatic carbocycles. The van der Waals surface area contributed by atoms with Gasteiger partial charge in [0.15, 0.2) is 11.7 Å². The Hall–Kier alpha value is -3.64. The smallest absolute Gasteiger partial charge is 0.480 e. The number of carbonyl (C=O) groups excluding carboxylic acids is 2. The summed E-state index contributed by atoms with van der Waals surface area (Å²) in [5.74, 6) is -6.76. The number of carbonyl (C=O) groups is 4. The van der Waals surface area contributed by atoms with Crippen LogP contribution in [0, 0.1) is 5.92 Å². The van der Waals surface area contributed by atoms with Crippen molar-refractivity contribution in [2.75, 3.05) is 6.61 Å². The van der Waals surface area contributed by atoms with Gasteiger partial charge in [0.2, 0.25) is 5.91 Å². The SMILES string of the molecule is CC(=O)N[C@H]1[C@H]([C@H](O)[C@H](O)CO)OC(C(=O)N[C@H](C(=O)O)C(C)C)=C[C@@H]1N=C(N)N.O=C(O)C(F)(F)F. The van der Waals surface area contributed by atoms with Crippen LogP contribution >= 0.6 is 0 Å². The monoisotopic (exact) mass is 545 g/mol. The molecule has 212 valence electrons. The molecule has 37 heavy (non-hydrogen) atoms. The maximum Gasteiger partial charge on any atom is 0.490 e. The third-order valence-corrected chi connectivity index (χ3v) is 4.58. The van der Waals surface area contributed by atoms with Gasteiger partial charge in [-0.1, -0.05) is 13.8 Å². The summed E-state index contributed by atoms with van der Waals surface area (Å²) in [5.41, 5.74) is 10.8. The predicted molar refractivity (Wildman–Crippen MR) is 117 cm³/mol. The van der Waals surface area contributed by atoms with Crippen LogP contribution in [0.4, 0.5) is 13.2 Å². The Morgan fingerprint density at radius 1 is 1.16 bits per heavy atom. The summed E-state index contributed by atoms with van der Waals surface area (Å²) in [4.78, 5) is 48.4. The van der Waals surface area contributed by atoms with Gasteiger partial charge < -0.3 is 52.4 Å². The fraction of sp³-hybridized carbons (Fsp3) is 0.632. The molecule has 0 spiro atoms. The maximum atomic E-state index is 12.6. The van der Waals surface area contributed by atoms with Crippen LogP contribution in [-0.2, 0) is 23.9 Å². The molecule has 6 atom stereocenters. The van der Waals surface area contributed by atoms with Crippen molar-refractivity contribution in [2.45, 2.75) is 63.4 Å². The third-order valence-electron chi connectivity index (χ3n) is 4.58. The van der Waals surface area contributed by atoms with Gasteiger partial charge in [0.1, 0.15) is 24.4 Å². The number of halogens is 3. The number of carboxylic acid groups (broad SMARTS) is 2. The Kier molecular flexibility index (Phi) is 12.8. The molecule has 1 heterocycles. The molecular formula is C19H30F3N5O10. The summed E-state index contributed by atoms with van der Waals surface area (Å²) < 4.78 is 37.2. The van der Waals surface area contributed by atoms with Crippen LogP contribution in [0.15, 0.2) is 16.8 Å². The van der Waals surface area contributed by atoms with Crippen molar-refractivity contribution < 1.29 is 62.6 Å². The normalized spacial score (nSPS) is 21.6. The number of guanidine groups is 1. The lowest BCUT2D eigenvalue weighted by Gasteiger charge is -2.39. The second-order valence-corrected chi connectivity index (χ2v) is 7.96. The molecule has 1 aliphatic heterocycles. The minimum absolute atomic E-state index is 0.394. The lowest BCUT2D eigenvalue weighted by atomic mass is 9.92. The molecule has 18 heteroatoms. The second kappa shape index (κ2) is 14.2. The first-order chi connectivity index (χ1) is 16.8. The molecule has 0 saturated heterocycles. The number of hydrogen-bond acceptors (Lipinski definition) is 9. The summed E-state index contributed by atoms with van der Waals surface area (Å²) >= 11 is 0. The fourth-order valence-electron chi connectivity index (χ4n) is 2.87. The van der Waals surface area contributed by atoms with E-state index < -0.39 is 90.6 Å². The van der Waals surface area contributed by atoms with Crippen LogP contribution in [0.2, 0.25) is 0 Å². The van der Waals surface area contributed by atoms with Crippen LogP contribution in [0.3, 0.4) is 0 Å². The highest BCUT2D eigenvalue weighted by Gasteiger charge is 2.44. The summed E-state index contributed by atoms with van der Waals surface area (Å²) in [6.45, 7) is 3.54. The van der Waals surface area contributed by atoms with Crippen LogP contribution in [0.25, 0.3) is 0 Å². The van der Waals surface area contributed by atoms with Crippen molar-refractivity contribution in [3.63, 3.8) is 0 Å². The Labute approximate surface area is 208 Å². The standard InChI is InChI=1S/C17H29N5O8.C2HF3O2/c1-6(2)11(16(28)29)22-15(27)10-4-8(21-17(18)19)12(20-7(3)24)14(30-10)13(26)9(25)5-23;3-2(4,5)1(6)7/h4,6,8-9,11-14,23,25-26H,5H2,1-3H3,(H,20,24)(H,22,27)(H,28,29)(H4,18,19,21);(H,6,7)/t8-,9+,11-,12+,13+,14+;/m0./s1. The highest BCUT2D eigenvalue weighted by atomic mass is 19.4. The number of carboxylic acids is 2. The van der Waals surface area contributed by atoms with E-state index in [1.54, 1.807) is 13.8 Å². The number of aliphatic hydroxyl groups excluding tert-OH is 3. The average molecular weight is 545 g/mol. The summed E-state index contributed by atoms with van der Waals surface area (Å²) in [6.07, 6.45) is -8.79. The van der Waals surface area contributed by atoms with Crippen molar-refractivity contribution in [1.29, 1.82) is 0 Å². The number of rotatable bonds is 9. The zero-order chi connectivity index (χ0) is 29.2. The number of aliphatic carboxylic acids is 2. The van der Waals surface area contributed by atoms with E-state index in [-0.39, 0.29) is 0 Å². The van der Waals surface area contributed by atoms with Gasteiger partial charge in [-0.25, -0.2) is 14.6 Å². The Balaban J connectivity index is 0.00000161. The number of nitrogens with two attached hydrogens (primary N) is 2. The molecule has 0 fully saturated rings. The summed E-state index contributed by atoms with van der Waals surface area (Å²) in [5, 5.41) is 50.5.